The molecule has 14 heavy (non-hydrogen) atoms. The Labute approximate surface area is 89.2 Å². The summed E-state index contributed by atoms with van der Waals surface area (Å²) in [5, 5.41) is 0.380. The third-order valence-corrected chi connectivity index (χ3v) is 4.14. The fourth-order valence-electron chi connectivity index (χ4n) is 2.06. The summed E-state index contributed by atoms with van der Waals surface area (Å²) in [6, 6.07) is 0. The van der Waals surface area contributed by atoms with E-state index in [-0.39, 0.29) is 5.92 Å². The highest BCUT2D eigenvalue weighted by atomic mass is 32.2. The standard InChI is InChI=1S/C10H17NO2S/c1-8-11(4-7-14-8)10(12)9-2-5-13-6-3-9/h8-9H,2-7H2,1H3. The predicted octanol–water partition coefficient (Wildman–Crippen LogP) is 1.33. The molecule has 1 amide bonds. The Morgan fingerprint density at radius 3 is 2.71 bits per heavy atom. The first-order valence-corrected chi connectivity index (χ1v) is 6.34. The van der Waals surface area contributed by atoms with Crippen LogP contribution in [-0.4, -0.2) is 41.7 Å². The van der Waals surface area contributed by atoms with Gasteiger partial charge in [-0.1, -0.05) is 0 Å². The first-order valence-electron chi connectivity index (χ1n) is 5.29. The van der Waals surface area contributed by atoms with Crippen molar-refractivity contribution in [1.29, 1.82) is 0 Å². The molecular weight excluding hydrogens is 198 g/mol. The van der Waals surface area contributed by atoms with E-state index >= 15 is 0 Å². The first-order chi connectivity index (χ1) is 6.79. The SMILES string of the molecule is CC1SCCN1C(=O)C1CCOCC1. The maximum Gasteiger partial charge on any atom is 0.226 e. The van der Waals surface area contributed by atoms with Crippen LogP contribution in [0.15, 0.2) is 0 Å². The largest absolute Gasteiger partial charge is 0.381 e. The van der Waals surface area contributed by atoms with E-state index in [1.165, 1.54) is 0 Å². The van der Waals surface area contributed by atoms with Gasteiger partial charge in [0, 0.05) is 31.4 Å². The summed E-state index contributed by atoms with van der Waals surface area (Å²) in [7, 11) is 0. The number of hydrogen-bond acceptors (Lipinski definition) is 3. The summed E-state index contributed by atoms with van der Waals surface area (Å²) in [4.78, 5) is 14.1. The monoisotopic (exact) mass is 215 g/mol. The van der Waals surface area contributed by atoms with Gasteiger partial charge in [-0.2, -0.15) is 0 Å². The summed E-state index contributed by atoms with van der Waals surface area (Å²) >= 11 is 1.87. The maximum absolute atomic E-state index is 12.1. The summed E-state index contributed by atoms with van der Waals surface area (Å²) < 4.78 is 5.26. The molecule has 2 heterocycles. The maximum atomic E-state index is 12.1. The number of carbonyl (C=O) groups is 1. The highest BCUT2D eigenvalue weighted by Gasteiger charge is 2.31. The van der Waals surface area contributed by atoms with Crippen LogP contribution in [0.4, 0.5) is 0 Å². The lowest BCUT2D eigenvalue weighted by atomic mass is 9.99. The van der Waals surface area contributed by atoms with E-state index < -0.39 is 0 Å². The van der Waals surface area contributed by atoms with E-state index in [1.807, 2.05) is 16.7 Å². The molecule has 1 atom stereocenters. The van der Waals surface area contributed by atoms with Gasteiger partial charge in [-0.25, -0.2) is 0 Å². The number of amides is 1. The summed E-state index contributed by atoms with van der Waals surface area (Å²) in [6.07, 6.45) is 1.82. The van der Waals surface area contributed by atoms with Crippen molar-refractivity contribution in [2.24, 2.45) is 5.92 Å². The molecule has 0 bridgehead atoms. The molecule has 0 N–H and O–H groups in total. The van der Waals surface area contributed by atoms with Crippen molar-refractivity contribution in [3.05, 3.63) is 0 Å². The van der Waals surface area contributed by atoms with Crippen LogP contribution in [0, 0.1) is 5.92 Å². The molecule has 2 saturated heterocycles. The van der Waals surface area contributed by atoms with Crippen molar-refractivity contribution in [1.82, 2.24) is 4.90 Å². The third kappa shape index (κ3) is 2.06. The molecule has 2 aliphatic heterocycles. The molecule has 0 radical (unpaired) electrons. The first kappa shape index (κ1) is 10.3. The van der Waals surface area contributed by atoms with Gasteiger partial charge in [-0.3, -0.25) is 4.79 Å². The van der Waals surface area contributed by atoms with Gasteiger partial charge in [-0.15, -0.1) is 11.8 Å². The van der Waals surface area contributed by atoms with Gasteiger partial charge >= 0.3 is 0 Å². The molecule has 4 heteroatoms. The minimum atomic E-state index is 0.227. The summed E-state index contributed by atoms with van der Waals surface area (Å²) in [6.45, 7) is 4.56. The molecule has 2 fully saturated rings. The van der Waals surface area contributed by atoms with Crippen LogP contribution in [0.2, 0.25) is 0 Å². The Morgan fingerprint density at radius 1 is 1.43 bits per heavy atom. The van der Waals surface area contributed by atoms with Gasteiger partial charge in [0.15, 0.2) is 0 Å². The number of rotatable bonds is 1. The smallest absolute Gasteiger partial charge is 0.226 e. The van der Waals surface area contributed by atoms with E-state index in [4.69, 9.17) is 4.74 Å². The number of ether oxygens (including phenoxy) is 1. The minimum absolute atomic E-state index is 0.227. The van der Waals surface area contributed by atoms with Crippen LogP contribution < -0.4 is 0 Å². The van der Waals surface area contributed by atoms with Crippen LogP contribution in [0.25, 0.3) is 0 Å². The van der Waals surface area contributed by atoms with E-state index in [0.717, 1.165) is 38.4 Å². The zero-order valence-electron chi connectivity index (χ0n) is 8.57. The second kappa shape index (κ2) is 4.53. The number of nitrogens with zero attached hydrogens (tertiary/aromatic N) is 1. The van der Waals surface area contributed by atoms with Crippen LogP contribution in [-0.2, 0) is 9.53 Å². The Morgan fingerprint density at radius 2 is 2.14 bits per heavy atom. The van der Waals surface area contributed by atoms with Gasteiger partial charge < -0.3 is 9.64 Å². The minimum Gasteiger partial charge on any atom is -0.381 e. The highest BCUT2D eigenvalue weighted by Crippen LogP contribution is 2.27. The molecule has 0 aliphatic carbocycles. The van der Waals surface area contributed by atoms with Gasteiger partial charge in [0.1, 0.15) is 0 Å². The lowest BCUT2D eigenvalue weighted by Crippen LogP contribution is -2.39. The molecule has 0 spiro atoms. The third-order valence-electron chi connectivity index (χ3n) is 2.98. The molecule has 80 valence electrons. The zero-order valence-corrected chi connectivity index (χ0v) is 9.39. The Bertz CT molecular complexity index is 216. The van der Waals surface area contributed by atoms with Crippen molar-refractivity contribution in [2.75, 3.05) is 25.5 Å². The van der Waals surface area contributed by atoms with E-state index in [0.29, 0.717) is 11.3 Å². The van der Waals surface area contributed by atoms with Crippen LogP contribution >= 0.6 is 11.8 Å². The van der Waals surface area contributed by atoms with Crippen molar-refractivity contribution in [3.8, 4) is 0 Å². The highest BCUT2D eigenvalue weighted by molar-refractivity contribution is 8.00. The summed E-state index contributed by atoms with van der Waals surface area (Å²) in [5.41, 5.74) is 0. The molecule has 3 nitrogen and oxygen atoms in total. The van der Waals surface area contributed by atoms with Crippen molar-refractivity contribution < 1.29 is 9.53 Å². The molecule has 2 aliphatic rings. The molecule has 2 rings (SSSR count). The Hall–Kier alpha value is -0.220. The normalized spacial score (nSPS) is 29.5. The fraction of sp³-hybridized carbons (Fsp3) is 0.900. The lowest BCUT2D eigenvalue weighted by molar-refractivity contribution is -0.138. The number of carbonyl (C=O) groups excluding carboxylic acids is 1. The molecule has 0 aromatic carbocycles. The van der Waals surface area contributed by atoms with Crippen molar-refractivity contribution >= 4 is 17.7 Å². The Kier molecular flexibility index (Phi) is 3.34. The van der Waals surface area contributed by atoms with Gasteiger partial charge in [0.05, 0.1) is 5.37 Å². The van der Waals surface area contributed by atoms with Crippen molar-refractivity contribution in [2.45, 2.75) is 25.1 Å². The summed E-state index contributed by atoms with van der Waals surface area (Å²) in [5.74, 6) is 1.67. The quantitative estimate of drug-likeness (QED) is 0.661. The molecule has 0 saturated carbocycles. The zero-order chi connectivity index (χ0) is 9.97. The topological polar surface area (TPSA) is 29.5 Å². The average Bonchev–Trinajstić information content (AvgIpc) is 2.65. The lowest BCUT2D eigenvalue weighted by Gasteiger charge is -2.28. The van der Waals surface area contributed by atoms with Gasteiger partial charge in [0.2, 0.25) is 5.91 Å². The second-order valence-electron chi connectivity index (χ2n) is 3.89. The van der Waals surface area contributed by atoms with E-state index in [9.17, 15) is 4.79 Å². The van der Waals surface area contributed by atoms with E-state index in [1.54, 1.807) is 0 Å². The second-order valence-corrected chi connectivity index (χ2v) is 5.31. The van der Waals surface area contributed by atoms with Crippen LogP contribution in [0.1, 0.15) is 19.8 Å². The van der Waals surface area contributed by atoms with Gasteiger partial charge in [0.25, 0.3) is 0 Å². The van der Waals surface area contributed by atoms with Gasteiger partial charge in [-0.05, 0) is 19.8 Å². The molecule has 0 aromatic rings. The molecule has 0 aromatic heterocycles. The molecule has 1 unspecified atom stereocenters. The predicted molar refractivity (Wildman–Crippen MR) is 57.2 cm³/mol. The Balaban J connectivity index is 1.92. The van der Waals surface area contributed by atoms with Crippen LogP contribution in [0.3, 0.4) is 0 Å². The number of thioether (sulfide) groups is 1. The van der Waals surface area contributed by atoms with Crippen molar-refractivity contribution in [3.63, 3.8) is 0 Å². The molecular formula is C10H17NO2S. The van der Waals surface area contributed by atoms with E-state index in [2.05, 4.69) is 6.92 Å². The fourth-order valence-corrected chi connectivity index (χ4v) is 3.09. The average molecular weight is 215 g/mol. The number of hydrogen-bond donors (Lipinski definition) is 0. The van der Waals surface area contributed by atoms with Crippen LogP contribution in [0.5, 0.6) is 0 Å².